The second kappa shape index (κ2) is 6.28. The molecule has 1 aromatic rings. The van der Waals surface area contributed by atoms with Crippen LogP contribution in [0.3, 0.4) is 0 Å². The Kier molecular flexibility index (Phi) is 4.45. The summed E-state index contributed by atoms with van der Waals surface area (Å²) in [7, 11) is 0. The number of anilines is 1. The molecule has 0 radical (unpaired) electrons. The number of benzene rings is 1. The van der Waals surface area contributed by atoms with Crippen LogP contribution in [0.1, 0.15) is 26.2 Å². The van der Waals surface area contributed by atoms with E-state index in [0.29, 0.717) is 6.61 Å². The maximum absolute atomic E-state index is 11.8. The minimum absolute atomic E-state index is 0.0985. The highest BCUT2D eigenvalue weighted by atomic mass is 16.5. The number of amides is 1. The van der Waals surface area contributed by atoms with Gasteiger partial charge in [0.1, 0.15) is 11.8 Å². The summed E-state index contributed by atoms with van der Waals surface area (Å²) < 4.78 is 5.38. The third-order valence-electron chi connectivity index (χ3n) is 3.04. The van der Waals surface area contributed by atoms with Gasteiger partial charge in [-0.3, -0.25) is 4.79 Å². The molecule has 1 aliphatic heterocycles. The fraction of sp³-hybridized carbons (Fsp3) is 0.500. The fourth-order valence-corrected chi connectivity index (χ4v) is 2.09. The van der Waals surface area contributed by atoms with E-state index in [1.165, 1.54) is 0 Å². The van der Waals surface area contributed by atoms with Gasteiger partial charge in [-0.2, -0.15) is 0 Å². The Morgan fingerprint density at radius 2 is 2.11 bits per heavy atom. The number of rotatable bonds is 4. The van der Waals surface area contributed by atoms with Gasteiger partial charge in [0, 0.05) is 12.2 Å². The van der Waals surface area contributed by atoms with Crippen LogP contribution in [0.15, 0.2) is 24.3 Å². The number of carbonyl (C=O) groups excluding carboxylic acids is 1. The molecule has 0 aliphatic carbocycles. The van der Waals surface area contributed by atoms with Crippen LogP contribution in [0.2, 0.25) is 0 Å². The molecular formula is C14H20N2O2. The summed E-state index contributed by atoms with van der Waals surface area (Å²) in [4.78, 5) is 11.8. The zero-order chi connectivity index (χ0) is 12.8. The molecule has 0 aromatic heterocycles. The van der Waals surface area contributed by atoms with Crippen molar-refractivity contribution < 1.29 is 9.53 Å². The van der Waals surface area contributed by atoms with E-state index in [-0.39, 0.29) is 11.9 Å². The zero-order valence-electron chi connectivity index (χ0n) is 10.7. The van der Waals surface area contributed by atoms with Crippen LogP contribution in [0, 0.1) is 0 Å². The fourth-order valence-electron chi connectivity index (χ4n) is 2.09. The Morgan fingerprint density at radius 1 is 1.33 bits per heavy atom. The van der Waals surface area contributed by atoms with Crippen molar-refractivity contribution in [1.82, 2.24) is 5.32 Å². The molecule has 1 heterocycles. The summed E-state index contributed by atoms with van der Waals surface area (Å²) in [6.07, 6.45) is 3.03. The molecule has 0 unspecified atom stereocenters. The third kappa shape index (κ3) is 3.39. The van der Waals surface area contributed by atoms with Crippen molar-refractivity contribution in [2.75, 3.05) is 18.5 Å². The Bertz CT molecular complexity index is 389. The van der Waals surface area contributed by atoms with Crippen molar-refractivity contribution >= 4 is 11.6 Å². The molecule has 4 heteroatoms. The lowest BCUT2D eigenvalue weighted by atomic mass is 10.1. The molecule has 4 nitrogen and oxygen atoms in total. The lowest BCUT2D eigenvalue weighted by Crippen LogP contribution is -2.37. The number of nitrogens with one attached hydrogen (secondary N) is 2. The van der Waals surface area contributed by atoms with Crippen LogP contribution in [0.25, 0.3) is 0 Å². The molecular weight excluding hydrogens is 228 g/mol. The normalized spacial score (nSPS) is 19.8. The first-order chi connectivity index (χ1) is 8.79. The quantitative estimate of drug-likeness (QED) is 0.858. The number of hydrogen-bond donors (Lipinski definition) is 2. The van der Waals surface area contributed by atoms with E-state index in [4.69, 9.17) is 4.74 Å². The second-order valence-corrected chi connectivity index (χ2v) is 4.44. The Labute approximate surface area is 108 Å². The van der Waals surface area contributed by atoms with Crippen molar-refractivity contribution in [2.45, 2.75) is 32.2 Å². The van der Waals surface area contributed by atoms with Gasteiger partial charge in [0.15, 0.2) is 0 Å². The van der Waals surface area contributed by atoms with Gasteiger partial charge in [-0.15, -0.1) is 0 Å². The van der Waals surface area contributed by atoms with Crippen molar-refractivity contribution in [3.05, 3.63) is 24.3 Å². The van der Waals surface area contributed by atoms with Gasteiger partial charge in [0.2, 0.25) is 5.91 Å². The van der Waals surface area contributed by atoms with Crippen molar-refractivity contribution in [3.8, 4) is 5.75 Å². The highest BCUT2D eigenvalue weighted by molar-refractivity contribution is 5.84. The highest BCUT2D eigenvalue weighted by Crippen LogP contribution is 2.18. The monoisotopic (exact) mass is 248 g/mol. The maximum atomic E-state index is 11.8. The molecule has 1 fully saturated rings. The average Bonchev–Trinajstić information content (AvgIpc) is 2.58. The van der Waals surface area contributed by atoms with E-state index in [1.807, 2.05) is 31.2 Å². The molecule has 0 saturated carbocycles. The molecule has 1 saturated heterocycles. The Balaban J connectivity index is 1.97. The lowest BCUT2D eigenvalue weighted by Gasteiger charge is -2.16. The van der Waals surface area contributed by atoms with Crippen molar-refractivity contribution in [3.63, 3.8) is 0 Å². The molecule has 1 aliphatic rings. The SMILES string of the molecule is CCOc1ccc(N[C@H]2CCCCNC2=O)cc1. The summed E-state index contributed by atoms with van der Waals surface area (Å²) in [5.74, 6) is 0.953. The first kappa shape index (κ1) is 12.7. The number of ether oxygens (including phenoxy) is 1. The van der Waals surface area contributed by atoms with E-state index in [1.54, 1.807) is 0 Å². The summed E-state index contributed by atoms with van der Waals surface area (Å²) >= 11 is 0. The first-order valence-electron chi connectivity index (χ1n) is 6.56. The van der Waals surface area contributed by atoms with Gasteiger partial charge in [0.25, 0.3) is 0 Å². The van der Waals surface area contributed by atoms with Gasteiger partial charge in [-0.1, -0.05) is 0 Å². The summed E-state index contributed by atoms with van der Waals surface area (Å²) in [6, 6.07) is 7.61. The van der Waals surface area contributed by atoms with Crippen LogP contribution in [-0.2, 0) is 4.79 Å². The van der Waals surface area contributed by atoms with Gasteiger partial charge in [-0.25, -0.2) is 0 Å². The van der Waals surface area contributed by atoms with Crippen molar-refractivity contribution in [1.29, 1.82) is 0 Å². The van der Waals surface area contributed by atoms with Gasteiger partial charge in [-0.05, 0) is 50.5 Å². The maximum Gasteiger partial charge on any atom is 0.242 e. The highest BCUT2D eigenvalue weighted by Gasteiger charge is 2.19. The van der Waals surface area contributed by atoms with E-state index < -0.39 is 0 Å². The largest absolute Gasteiger partial charge is 0.494 e. The number of hydrogen-bond acceptors (Lipinski definition) is 3. The smallest absolute Gasteiger partial charge is 0.242 e. The Morgan fingerprint density at radius 3 is 2.83 bits per heavy atom. The van der Waals surface area contributed by atoms with E-state index in [2.05, 4.69) is 10.6 Å². The minimum Gasteiger partial charge on any atom is -0.494 e. The third-order valence-corrected chi connectivity index (χ3v) is 3.04. The van der Waals surface area contributed by atoms with Gasteiger partial charge in [0.05, 0.1) is 6.61 Å². The van der Waals surface area contributed by atoms with E-state index >= 15 is 0 Å². The summed E-state index contributed by atoms with van der Waals surface area (Å²) in [5.41, 5.74) is 0.959. The van der Waals surface area contributed by atoms with Crippen LogP contribution >= 0.6 is 0 Å². The topological polar surface area (TPSA) is 50.4 Å². The standard InChI is InChI=1S/C14H20N2O2/c1-2-18-12-8-6-11(7-9-12)16-13-5-3-4-10-15-14(13)17/h6-9,13,16H,2-5,10H2,1H3,(H,15,17)/t13-/m0/s1. The van der Waals surface area contributed by atoms with Crippen LogP contribution in [-0.4, -0.2) is 25.1 Å². The molecule has 0 bridgehead atoms. The molecule has 18 heavy (non-hydrogen) atoms. The van der Waals surface area contributed by atoms with Gasteiger partial charge < -0.3 is 15.4 Å². The second-order valence-electron chi connectivity index (χ2n) is 4.44. The molecule has 2 rings (SSSR count). The van der Waals surface area contributed by atoms with Crippen LogP contribution in [0.4, 0.5) is 5.69 Å². The van der Waals surface area contributed by atoms with Crippen LogP contribution in [0.5, 0.6) is 5.75 Å². The van der Waals surface area contributed by atoms with E-state index in [9.17, 15) is 4.79 Å². The molecule has 1 aromatic carbocycles. The summed E-state index contributed by atoms with van der Waals surface area (Å²) in [5, 5.41) is 6.19. The molecule has 98 valence electrons. The van der Waals surface area contributed by atoms with Crippen molar-refractivity contribution in [2.24, 2.45) is 0 Å². The van der Waals surface area contributed by atoms with E-state index in [0.717, 1.165) is 37.2 Å². The molecule has 2 N–H and O–H groups in total. The predicted octanol–water partition coefficient (Wildman–Crippen LogP) is 2.17. The Hall–Kier alpha value is -1.71. The van der Waals surface area contributed by atoms with Crippen LogP contribution < -0.4 is 15.4 Å². The average molecular weight is 248 g/mol. The predicted molar refractivity (Wildman–Crippen MR) is 71.9 cm³/mol. The summed E-state index contributed by atoms with van der Waals surface area (Å²) in [6.45, 7) is 3.42. The zero-order valence-corrected chi connectivity index (χ0v) is 10.7. The van der Waals surface area contributed by atoms with Gasteiger partial charge >= 0.3 is 0 Å². The molecule has 1 atom stereocenters. The number of carbonyl (C=O) groups is 1. The molecule has 0 spiro atoms. The first-order valence-corrected chi connectivity index (χ1v) is 6.56. The molecule has 1 amide bonds. The lowest BCUT2D eigenvalue weighted by molar-refractivity contribution is -0.121. The minimum atomic E-state index is -0.120.